The Hall–Kier alpha value is -6.71. The van der Waals surface area contributed by atoms with Gasteiger partial charge in [-0.1, -0.05) is 146 Å². The zero-order valence-electron chi connectivity index (χ0n) is 32.1. The Kier molecular flexibility index (Phi) is 8.13. The monoisotopic (exact) mass is 733 g/mol. The van der Waals surface area contributed by atoms with Gasteiger partial charge in [-0.15, -0.1) is 0 Å². The van der Waals surface area contributed by atoms with Gasteiger partial charge in [0.25, 0.3) is 0 Å². The molecule has 0 saturated heterocycles. The first-order chi connectivity index (χ1) is 28.2. The van der Waals surface area contributed by atoms with Crippen molar-refractivity contribution >= 4 is 45.2 Å². The molecule has 0 bridgehead atoms. The van der Waals surface area contributed by atoms with Gasteiger partial charge in [-0.25, -0.2) is 4.98 Å². The van der Waals surface area contributed by atoms with Crippen molar-refractivity contribution in [3.63, 3.8) is 0 Å². The van der Waals surface area contributed by atoms with Crippen molar-refractivity contribution in [2.45, 2.75) is 38.6 Å². The Morgan fingerprint density at radius 2 is 1.14 bits per heavy atom. The summed E-state index contributed by atoms with van der Waals surface area (Å²) < 4.78 is 5.20. The fourth-order valence-electron chi connectivity index (χ4n) is 9.68. The maximum atomic E-state index is 5.56. The molecule has 0 radical (unpaired) electrons. The predicted octanol–water partition coefficient (Wildman–Crippen LogP) is 13.7. The van der Waals surface area contributed by atoms with Crippen LogP contribution >= 0.6 is 0 Å². The Morgan fingerprint density at radius 1 is 0.561 bits per heavy atom. The summed E-state index contributed by atoms with van der Waals surface area (Å²) in [5, 5.41) is 2.58. The highest BCUT2D eigenvalue weighted by molar-refractivity contribution is 6.08. The molecule has 3 aliphatic rings. The lowest BCUT2D eigenvalue weighted by atomic mass is 9.84. The molecule has 57 heavy (non-hydrogen) atoms. The van der Waals surface area contributed by atoms with Crippen molar-refractivity contribution in [1.82, 2.24) is 14.1 Å². The van der Waals surface area contributed by atoms with Crippen LogP contribution in [0.2, 0.25) is 0 Å². The molecule has 5 aromatic carbocycles. The molecule has 0 N–H and O–H groups in total. The second-order valence-corrected chi connectivity index (χ2v) is 15.8. The van der Waals surface area contributed by atoms with Crippen LogP contribution in [0.25, 0.3) is 78.7 Å². The summed E-state index contributed by atoms with van der Waals surface area (Å²) in [5.74, 6) is 0.123. The maximum absolute atomic E-state index is 5.56. The molecule has 274 valence electrons. The van der Waals surface area contributed by atoms with E-state index >= 15 is 0 Å². The molecule has 3 heterocycles. The molecular formula is C54H43N3. The van der Waals surface area contributed by atoms with E-state index in [0.717, 1.165) is 42.6 Å². The summed E-state index contributed by atoms with van der Waals surface area (Å²) in [6.45, 7) is 2.40. The number of aromatic nitrogens is 3. The summed E-state index contributed by atoms with van der Waals surface area (Å²) in [4.78, 5) is 5.56. The number of fused-ring (bicyclic) bond motifs is 6. The Bertz CT molecular complexity index is 2900. The van der Waals surface area contributed by atoms with Crippen molar-refractivity contribution in [2.75, 3.05) is 0 Å². The largest absolute Gasteiger partial charge is 0.333 e. The normalized spacial score (nSPS) is 17.4. The van der Waals surface area contributed by atoms with Gasteiger partial charge in [0.1, 0.15) is 0 Å². The molecule has 2 unspecified atom stereocenters. The van der Waals surface area contributed by atoms with Crippen LogP contribution in [-0.2, 0) is 12.8 Å². The van der Waals surface area contributed by atoms with Crippen LogP contribution in [-0.4, -0.2) is 14.1 Å². The third-order valence-electron chi connectivity index (χ3n) is 12.5. The molecule has 0 aliphatic heterocycles. The second-order valence-electron chi connectivity index (χ2n) is 15.8. The SMILES string of the molecule is CC1C(c2cc(-c3ccc(-c4ccccc4)cc3)cc(-c3ccccc3)n2)=CC(n2c3c(c4c2CCC=C4)CCC=C3)=CC1n1c2ccccc2c2ccccc21. The number of rotatable bonds is 6. The molecule has 0 amide bonds. The number of nitrogens with zero attached hydrogens (tertiary/aromatic N) is 3. The zero-order valence-corrected chi connectivity index (χ0v) is 32.1. The number of hydrogen-bond acceptors (Lipinski definition) is 1. The minimum absolute atomic E-state index is 0.0426. The van der Waals surface area contributed by atoms with Gasteiger partial charge >= 0.3 is 0 Å². The highest BCUT2D eigenvalue weighted by Gasteiger charge is 2.33. The van der Waals surface area contributed by atoms with Gasteiger partial charge in [-0.3, -0.25) is 0 Å². The molecule has 2 atom stereocenters. The van der Waals surface area contributed by atoms with Crippen LogP contribution in [0.3, 0.4) is 0 Å². The average Bonchev–Trinajstić information content (AvgIpc) is 3.80. The van der Waals surface area contributed by atoms with Crippen molar-refractivity contribution in [3.05, 3.63) is 198 Å². The van der Waals surface area contributed by atoms with Gasteiger partial charge in [-0.05, 0) is 107 Å². The first-order valence-electron chi connectivity index (χ1n) is 20.4. The number of allylic oxidation sites excluding steroid dienone is 6. The van der Waals surface area contributed by atoms with E-state index in [4.69, 9.17) is 4.98 Å². The van der Waals surface area contributed by atoms with E-state index in [0.29, 0.717) is 0 Å². The summed E-state index contributed by atoms with van der Waals surface area (Å²) in [5.41, 5.74) is 18.6. The van der Waals surface area contributed by atoms with Crippen molar-refractivity contribution in [1.29, 1.82) is 0 Å². The topological polar surface area (TPSA) is 22.8 Å². The van der Waals surface area contributed by atoms with Crippen LogP contribution in [0.5, 0.6) is 0 Å². The number of pyridine rings is 1. The molecule has 0 saturated carbocycles. The maximum Gasteiger partial charge on any atom is 0.0715 e. The van der Waals surface area contributed by atoms with Gasteiger partial charge in [0.2, 0.25) is 0 Å². The van der Waals surface area contributed by atoms with Crippen LogP contribution in [0, 0.1) is 5.92 Å². The predicted molar refractivity (Wildman–Crippen MR) is 240 cm³/mol. The number of para-hydroxylation sites is 2. The Balaban J connectivity index is 1.14. The molecular weight excluding hydrogens is 691 g/mol. The quantitative estimate of drug-likeness (QED) is 0.167. The van der Waals surface area contributed by atoms with Gasteiger partial charge in [0.05, 0.1) is 17.4 Å². The summed E-state index contributed by atoms with van der Waals surface area (Å²) in [6.07, 6.45) is 18.8. The van der Waals surface area contributed by atoms with Crippen LogP contribution in [0.1, 0.15) is 54.0 Å². The fraction of sp³-hybridized carbons (Fsp3) is 0.130. The fourth-order valence-corrected chi connectivity index (χ4v) is 9.68. The summed E-state index contributed by atoms with van der Waals surface area (Å²) in [7, 11) is 0. The summed E-state index contributed by atoms with van der Waals surface area (Å²) >= 11 is 0. The van der Waals surface area contributed by atoms with Gasteiger partial charge < -0.3 is 9.13 Å². The Labute approximate surface area is 334 Å². The smallest absolute Gasteiger partial charge is 0.0715 e. The standard InChI is InChI=1S/C54H43N3/c1-36-47(49-33-41(32-48(55-49)40-18-6-3-7-19-40)39-30-28-38(29-31-39)37-16-4-2-5-17-37)34-42(56-50-24-12-8-20-43(50)44-21-9-13-25-51(44)56)35-54(36)57-52-26-14-10-22-45(52)46-23-11-15-27-53(46)57/h2-8,10-11,13-20,22-23,25-36,54H,9,12,21,24H2,1H3. The molecule has 3 nitrogen and oxygen atoms in total. The summed E-state index contributed by atoms with van der Waals surface area (Å²) in [6, 6.07) is 52.8. The minimum Gasteiger partial charge on any atom is -0.333 e. The van der Waals surface area contributed by atoms with Crippen LogP contribution in [0.4, 0.5) is 0 Å². The van der Waals surface area contributed by atoms with E-state index in [-0.39, 0.29) is 12.0 Å². The lowest BCUT2D eigenvalue weighted by Gasteiger charge is -2.32. The van der Waals surface area contributed by atoms with Gasteiger partial charge in [0, 0.05) is 50.4 Å². The third-order valence-corrected chi connectivity index (χ3v) is 12.5. The minimum atomic E-state index is 0.0426. The van der Waals surface area contributed by atoms with E-state index in [1.54, 1.807) is 0 Å². The molecule has 0 spiro atoms. The van der Waals surface area contributed by atoms with E-state index in [2.05, 4.69) is 198 Å². The lowest BCUT2D eigenvalue weighted by molar-refractivity contribution is 0.521. The molecule has 3 heteroatoms. The first-order valence-corrected chi connectivity index (χ1v) is 20.4. The molecule has 3 aliphatic carbocycles. The number of hydrogen-bond donors (Lipinski definition) is 0. The van der Waals surface area contributed by atoms with Crippen molar-refractivity contribution in [3.8, 4) is 33.5 Å². The van der Waals surface area contributed by atoms with E-state index in [1.165, 1.54) is 77.8 Å². The van der Waals surface area contributed by atoms with Gasteiger partial charge in [0.15, 0.2) is 0 Å². The highest BCUT2D eigenvalue weighted by Crippen LogP contribution is 2.46. The van der Waals surface area contributed by atoms with Crippen LogP contribution < -0.4 is 0 Å². The van der Waals surface area contributed by atoms with Gasteiger partial charge in [-0.2, -0.15) is 0 Å². The number of benzene rings is 5. The third kappa shape index (κ3) is 5.68. The van der Waals surface area contributed by atoms with Crippen molar-refractivity contribution < 1.29 is 0 Å². The zero-order chi connectivity index (χ0) is 37.9. The van der Waals surface area contributed by atoms with E-state index < -0.39 is 0 Å². The molecule has 8 aromatic rings. The van der Waals surface area contributed by atoms with E-state index in [1.807, 2.05) is 0 Å². The lowest BCUT2D eigenvalue weighted by Crippen LogP contribution is -2.22. The Morgan fingerprint density at radius 3 is 1.86 bits per heavy atom. The molecule has 3 aromatic heterocycles. The highest BCUT2D eigenvalue weighted by atomic mass is 15.1. The second kappa shape index (κ2) is 13.8. The molecule has 0 fully saturated rings. The van der Waals surface area contributed by atoms with Crippen molar-refractivity contribution in [2.24, 2.45) is 5.92 Å². The first kappa shape index (κ1) is 33.6. The van der Waals surface area contributed by atoms with Crippen LogP contribution in [0.15, 0.2) is 170 Å². The van der Waals surface area contributed by atoms with E-state index in [9.17, 15) is 0 Å². The average molecular weight is 734 g/mol. The molecule has 11 rings (SSSR count).